The maximum Gasteiger partial charge on any atom is 0.118 e. The van der Waals surface area contributed by atoms with Gasteiger partial charge in [-0.25, -0.2) is 0 Å². The molecule has 0 aliphatic carbocycles. The summed E-state index contributed by atoms with van der Waals surface area (Å²) in [5.74, 6) is 0.927. The van der Waals surface area contributed by atoms with Crippen molar-refractivity contribution in [2.75, 3.05) is 33.8 Å². The van der Waals surface area contributed by atoms with Gasteiger partial charge in [0.15, 0.2) is 0 Å². The molecule has 0 atom stereocenters. The highest BCUT2D eigenvalue weighted by atomic mass is 16.5. The second kappa shape index (κ2) is 10.7. The van der Waals surface area contributed by atoms with Crippen LogP contribution in [-0.4, -0.2) is 38.7 Å². The van der Waals surface area contributed by atoms with E-state index < -0.39 is 0 Å². The van der Waals surface area contributed by atoms with Crippen molar-refractivity contribution < 1.29 is 4.74 Å². The largest absolute Gasteiger partial charge is 0.497 e. The van der Waals surface area contributed by atoms with E-state index in [1.807, 2.05) is 12.1 Å². The number of hydrogen-bond donors (Lipinski definition) is 1. The Kier molecular flexibility index (Phi) is 9.09. The maximum absolute atomic E-state index is 5.17. The Morgan fingerprint density at radius 1 is 1.05 bits per heavy atom. The van der Waals surface area contributed by atoms with Gasteiger partial charge in [0, 0.05) is 6.54 Å². The van der Waals surface area contributed by atoms with Crippen LogP contribution in [0.15, 0.2) is 24.3 Å². The van der Waals surface area contributed by atoms with Crippen molar-refractivity contribution in [3.05, 3.63) is 29.8 Å². The molecule has 0 aromatic heterocycles. The molecule has 1 aromatic carbocycles. The highest BCUT2D eigenvalue weighted by molar-refractivity contribution is 5.26. The Morgan fingerprint density at radius 3 is 2.45 bits per heavy atom. The minimum absolute atomic E-state index is 0.927. The summed E-state index contributed by atoms with van der Waals surface area (Å²) < 4.78 is 5.17. The van der Waals surface area contributed by atoms with Gasteiger partial charge in [-0.05, 0) is 63.6 Å². The number of benzene rings is 1. The number of methoxy groups -OCH3 is 1. The van der Waals surface area contributed by atoms with Gasteiger partial charge in [0.1, 0.15) is 5.75 Å². The van der Waals surface area contributed by atoms with Crippen LogP contribution in [0.2, 0.25) is 0 Å². The van der Waals surface area contributed by atoms with Crippen LogP contribution in [0, 0.1) is 0 Å². The van der Waals surface area contributed by atoms with E-state index in [1.54, 1.807) is 7.11 Å². The molecule has 1 N–H and O–H groups in total. The van der Waals surface area contributed by atoms with Crippen molar-refractivity contribution >= 4 is 0 Å². The molecule has 0 spiro atoms. The molecular weight excluding hydrogens is 248 g/mol. The molecule has 0 saturated carbocycles. The van der Waals surface area contributed by atoms with Gasteiger partial charge in [-0.3, -0.25) is 0 Å². The van der Waals surface area contributed by atoms with Crippen LogP contribution in [0.3, 0.4) is 0 Å². The maximum atomic E-state index is 5.17. The van der Waals surface area contributed by atoms with Crippen molar-refractivity contribution in [3.63, 3.8) is 0 Å². The number of rotatable bonds is 11. The van der Waals surface area contributed by atoms with E-state index in [9.17, 15) is 0 Å². The molecule has 0 saturated heterocycles. The predicted molar refractivity (Wildman–Crippen MR) is 86.3 cm³/mol. The summed E-state index contributed by atoms with van der Waals surface area (Å²) >= 11 is 0. The molecule has 20 heavy (non-hydrogen) atoms. The van der Waals surface area contributed by atoms with E-state index in [0.29, 0.717) is 0 Å². The van der Waals surface area contributed by atoms with Crippen LogP contribution in [0.4, 0.5) is 0 Å². The van der Waals surface area contributed by atoms with Crippen LogP contribution in [0.5, 0.6) is 5.75 Å². The lowest BCUT2D eigenvalue weighted by atomic mass is 10.2. The monoisotopic (exact) mass is 278 g/mol. The third-order valence-corrected chi connectivity index (χ3v) is 3.43. The third-order valence-electron chi connectivity index (χ3n) is 3.43. The van der Waals surface area contributed by atoms with Gasteiger partial charge >= 0.3 is 0 Å². The van der Waals surface area contributed by atoms with Crippen LogP contribution in [-0.2, 0) is 6.54 Å². The minimum Gasteiger partial charge on any atom is -0.497 e. The number of nitrogens with zero attached hydrogens (tertiary/aromatic N) is 1. The summed E-state index contributed by atoms with van der Waals surface area (Å²) in [6, 6.07) is 8.35. The van der Waals surface area contributed by atoms with Gasteiger partial charge < -0.3 is 15.0 Å². The Hall–Kier alpha value is -1.06. The quantitative estimate of drug-likeness (QED) is 0.629. The fraction of sp³-hybridized carbons (Fsp3) is 0.647. The molecule has 0 aliphatic rings. The van der Waals surface area contributed by atoms with Gasteiger partial charge in [0.05, 0.1) is 7.11 Å². The molecule has 3 nitrogen and oxygen atoms in total. The first-order valence-electron chi connectivity index (χ1n) is 7.78. The summed E-state index contributed by atoms with van der Waals surface area (Å²) in [5.41, 5.74) is 1.35. The number of ether oxygens (including phenoxy) is 1. The zero-order chi connectivity index (χ0) is 14.6. The van der Waals surface area contributed by atoms with E-state index in [-0.39, 0.29) is 0 Å². The molecule has 3 heteroatoms. The Labute approximate surface area is 124 Å². The lowest BCUT2D eigenvalue weighted by molar-refractivity contribution is 0.316. The topological polar surface area (TPSA) is 24.5 Å². The average Bonchev–Trinajstić information content (AvgIpc) is 2.47. The van der Waals surface area contributed by atoms with Crippen molar-refractivity contribution in [2.24, 2.45) is 0 Å². The predicted octanol–water partition coefficient (Wildman–Crippen LogP) is 3.30. The summed E-state index contributed by atoms with van der Waals surface area (Å²) in [6.45, 7) is 6.70. The Morgan fingerprint density at radius 2 is 1.80 bits per heavy atom. The van der Waals surface area contributed by atoms with Crippen molar-refractivity contribution in [3.8, 4) is 5.75 Å². The lowest BCUT2D eigenvalue weighted by Gasteiger charge is -2.16. The van der Waals surface area contributed by atoms with Crippen molar-refractivity contribution in [1.82, 2.24) is 10.2 Å². The van der Waals surface area contributed by atoms with E-state index in [4.69, 9.17) is 4.74 Å². The molecule has 0 aliphatic heterocycles. The van der Waals surface area contributed by atoms with Crippen LogP contribution >= 0.6 is 0 Å². The molecule has 0 radical (unpaired) electrons. The number of unbranched alkanes of at least 4 members (excludes halogenated alkanes) is 2. The van der Waals surface area contributed by atoms with Crippen molar-refractivity contribution in [2.45, 2.75) is 39.2 Å². The molecular formula is C17H30N2O. The summed E-state index contributed by atoms with van der Waals surface area (Å²) in [7, 11) is 3.90. The fourth-order valence-corrected chi connectivity index (χ4v) is 2.23. The third kappa shape index (κ3) is 7.51. The minimum atomic E-state index is 0.927. The van der Waals surface area contributed by atoms with Gasteiger partial charge in [-0.1, -0.05) is 25.5 Å². The van der Waals surface area contributed by atoms with Crippen LogP contribution in [0.25, 0.3) is 0 Å². The van der Waals surface area contributed by atoms with Crippen LogP contribution < -0.4 is 10.1 Å². The van der Waals surface area contributed by atoms with Gasteiger partial charge in [-0.2, -0.15) is 0 Å². The van der Waals surface area contributed by atoms with Crippen LogP contribution in [0.1, 0.15) is 38.2 Å². The van der Waals surface area contributed by atoms with Gasteiger partial charge in [0.2, 0.25) is 0 Å². The molecule has 0 amide bonds. The molecule has 1 aromatic rings. The first kappa shape index (κ1) is 17.0. The normalized spacial score (nSPS) is 11.0. The molecule has 114 valence electrons. The zero-order valence-electron chi connectivity index (χ0n) is 13.3. The average molecular weight is 278 g/mol. The highest BCUT2D eigenvalue weighted by Crippen LogP contribution is 2.12. The van der Waals surface area contributed by atoms with Gasteiger partial charge in [0.25, 0.3) is 0 Å². The first-order valence-corrected chi connectivity index (χ1v) is 7.78. The molecule has 1 rings (SSSR count). The summed E-state index contributed by atoms with van der Waals surface area (Å²) in [5, 5.41) is 3.45. The highest BCUT2D eigenvalue weighted by Gasteiger charge is 2.00. The van der Waals surface area contributed by atoms with Gasteiger partial charge in [-0.15, -0.1) is 0 Å². The molecule has 0 fully saturated rings. The lowest BCUT2D eigenvalue weighted by Crippen LogP contribution is -2.20. The molecule has 0 unspecified atom stereocenters. The number of nitrogens with one attached hydrogen (secondary N) is 1. The number of hydrogen-bond acceptors (Lipinski definition) is 3. The van der Waals surface area contributed by atoms with E-state index >= 15 is 0 Å². The summed E-state index contributed by atoms with van der Waals surface area (Å²) in [4.78, 5) is 2.39. The van der Waals surface area contributed by atoms with E-state index in [0.717, 1.165) is 25.4 Å². The molecule has 0 heterocycles. The second-order valence-electron chi connectivity index (χ2n) is 5.40. The summed E-state index contributed by atoms with van der Waals surface area (Å²) in [6.07, 6.45) is 5.10. The fourth-order valence-electron chi connectivity index (χ4n) is 2.23. The smallest absolute Gasteiger partial charge is 0.118 e. The SMILES string of the molecule is CCCNCCCCCN(C)Cc1ccc(OC)cc1. The Bertz CT molecular complexity index is 337. The van der Waals surface area contributed by atoms with E-state index in [1.165, 1.54) is 37.8 Å². The second-order valence-corrected chi connectivity index (χ2v) is 5.40. The van der Waals surface area contributed by atoms with E-state index in [2.05, 4.69) is 36.3 Å². The zero-order valence-corrected chi connectivity index (χ0v) is 13.3. The first-order chi connectivity index (χ1) is 9.76. The Balaban J connectivity index is 2.08. The standard InChI is InChI=1S/C17H30N2O/c1-4-12-18-13-6-5-7-14-19(2)15-16-8-10-17(20-3)11-9-16/h8-11,18H,4-7,12-15H2,1-3H3. The van der Waals surface area contributed by atoms with Crippen molar-refractivity contribution in [1.29, 1.82) is 0 Å². The molecule has 0 bridgehead atoms.